The highest BCUT2D eigenvalue weighted by atomic mass is 19.1. The van der Waals surface area contributed by atoms with Crippen molar-refractivity contribution in [3.63, 3.8) is 0 Å². The van der Waals surface area contributed by atoms with Gasteiger partial charge in [-0.05, 0) is 50.6 Å². The molecule has 0 saturated carbocycles. The van der Waals surface area contributed by atoms with Crippen molar-refractivity contribution in [1.82, 2.24) is 10.6 Å². The number of hydrogen-bond donors (Lipinski definition) is 2. The second-order valence-electron chi connectivity index (χ2n) is 4.47. The Hall–Kier alpha value is -0.930. The van der Waals surface area contributed by atoms with Crippen LogP contribution in [-0.2, 0) is 0 Å². The zero-order valence-electron chi connectivity index (χ0n) is 9.67. The van der Waals surface area contributed by atoms with Gasteiger partial charge in [0, 0.05) is 12.1 Å². The Bertz CT molecular complexity index is 334. The van der Waals surface area contributed by atoms with Crippen LogP contribution in [0.4, 0.5) is 4.39 Å². The van der Waals surface area contributed by atoms with E-state index in [9.17, 15) is 4.39 Å². The van der Waals surface area contributed by atoms with Crippen LogP contribution in [0.3, 0.4) is 0 Å². The molecule has 88 valence electrons. The van der Waals surface area contributed by atoms with Gasteiger partial charge in [0.05, 0.1) is 0 Å². The number of rotatable bonds is 3. The van der Waals surface area contributed by atoms with E-state index in [1.807, 2.05) is 6.07 Å². The average molecular weight is 222 g/mol. The summed E-state index contributed by atoms with van der Waals surface area (Å²) >= 11 is 0. The summed E-state index contributed by atoms with van der Waals surface area (Å²) in [4.78, 5) is 0. The minimum atomic E-state index is -0.156. The van der Waals surface area contributed by atoms with E-state index in [-0.39, 0.29) is 11.9 Å². The fourth-order valence-electron chi connectivity index (χ4n) is 2.21. The lowest BCUT2D eigenvalue weighted by Crippen LogP contribution is -2.40. The fourth-order valence-corrected chi connectivity index (χ4v) is 2.21. The van der Waals surface area contributed by atoms with E-state index in [4.69, 9.17) is 0 Å². The van der Waals surface area contributed by atoms with Gasteiger partial charge in [0.2, 0.25) is 0 Å². The van der Waals surface area contributed by atoms with Gasteiger partial charge in [-0.25, -0.2) is 4.39 Å². The summed E-state index contributed by atoms with van der Waals surface area (Å²) in [5.74, 6) is -0.156. The van der Waals surface area contributed by atoms with Gasteiger partial charge in [0.1, 0.15) is 5.82 Å². The first-order valence-corrected chi connectivity index (χ1v) is 5.98. The van der Waals surface area contributed by atoms with Gasteiger partial charge in [0.15, 0.2) is 0 Å². The number of hydrogen-bond acceptors (Lipinski definition) is 2. The summed E-state index contributed by atoms with van der Waals surface area (Å²) in [6.45, 7) is 4.25. The van der Waals surface area contributed by atoms with Crippen LogP contribution in [0, 0.1) is 5.82 Å². The van der Waals surface area contributed by atoms with Crippen LogP contribution >= 0.6 is 0 Å². The zero-order valence-corrected chi connectivity index (χ0v) is 9.67. The topological polar surface area (TPSA) is 24.1 Å². The van der Waals surface area contributed by atoms with Crippen molar-refractivity contribution >= 4 is 0 Å². The van der Waals surface area contributed by atoms with Gasteiger partial charge in [-0.2, -0.15) is 0 Å². The van der Waals surface area contributed by atoms with Crippen LogP contribution < -0.4 is 10.6 Å². The molecular weight excluding hydrogens is 203 g/mol. The molecule has 2 nitrogen and oxygen atoms in total. The van der Waals surface area contributed by atoms with Crippen molar-refractivity contribution in [3.05, 3.63) is 35.6 Å². The molecule has 0 bridgehead atoms. The molecule has 1 aromatic carbocycles. The Kier molecular flexibility index (Phi) is 3.91. The lowest BCUT2D eigenvalue weighted by molar-refractivity contribution is 0.359. The second kappa shape index (κ2) is 5.41. The molecule has 1 atom stereocenters. The molecule has 0 aliphatic carbocycles. The maximum absolute atomic E-state index is 13.1. The first-order chi connectivity index (χ1) is 7.75. The van der Waals surface area contributed by atoms with Crippen molar-refractivity contribution in [3.8, 4) is 0 Å². The predicted molar refractivity (Wildman–Crippen MR) is 63.8 cm³/mol. The molecule has 1 aliphatic heterocycles. The molecule has 16 heavy (non-hydrogen) atoms. The normalized spacial score (nSPS) is 19.6. The third-order valence-corrected chi connectivity index (χ3v) is 3.17. The van der Waals surface area contributed by atoms with Crippen molar-refractivity contribution in [1.29, 1.82) is 0 Å². The molecule has 1 aliphatic rings. The van der Waals surface area contributed by atoms with Gasteiger partial charge < -0.3 is 10.6 Å². The van der Waals surface area contributed by atoms with Crippen LogP contribution in [0.2, 0.25) is 0 Å². The molecule has 2 rings (SSSR count). The third-order valence-electron chi connectivity index (χ3n) is 3.17. The maximum Gasteiger partial charge on any atom is 0.123 e. The minimum Gasteiger partial charge on any atom is -0.317 e. The van der Waals surface area contributed by atoms with Gasteiger partial charge in [-0.1, -0.05) is 12.1 Å². The fraction of sp³-hybridized carbons (Fsp3) is 0.538. The highest BCUT2D eigenvalue weighted by Gasteiger charge is 2.15. The van der Waals surface area contributed by atoms with E-state index in [2.05, 4.69) is 17.6 Å². The second-order valence-corrected chi connectivity index (χ2v) is 4.47. The number of nitrogens with one attached hydrogen (secondary N) is 2. The maximum atomic E-state index is 13.1. The number of piperidine rings is 1. The lowest BCUT2D eigenvalue weighted by atomic mass is 10.0. The highest BCUT2D eigenvalue weighted by Crippen LogP contribution is 2.16. The van der Waals surface area contributed by atoms with Crippen molar-refractivity contribution in [2.45, 2.75) is 31.8 Å². The standard InChI is InChI=1S/C13H19FN2/c1-10(11-3-2-4-12(14)9-11)16-13-5-7-15-8-6-13/h2-4,9-10,13,15-16H,5-8H2,1H3/t10-/m0/s1. The SMILES string of the molecule is C[C@H](NC1CCNCC1)c1cccc(F)c1. The first-order valence-electron chi connectivity index (χ1n) is 5.98. The molecular formula is C13H19FN2. The molecule has 0 amide bonds. The molecule has 1 aromatic rings. The largest absolute Gasteiger partial charge is 0.317 e. The summed E-state index contributed by atoms with van der Waals surface area (Å²) < 4.78 is 13.1. The highest BCUT2D eigenvalue weighted by molar-refractivity contribution is 5.19. The molecule has 0 unspecified atom stereocenters. The molecule has 0 spiro atoms. The van der Waals surface area contributed by atoms with E-state index in [1.54, 1.807) is 12.1 Å². The van der Waals surface area contributed by atoms with Gasteiger partial charge >= 0.3 is 0 Å². The summed E-state index contributed by atoms with van der Waals surface area (Å²) in [5.41, 5.74) is 1.03. The molecule has 1 heterocycles. The molecule has 0 aromatic heterocycles. The van der Waals surface area contributed by atoms with E-state index in [0.717, 1.165) is 31.5 Å². The number of benzene rings is 1. The molecule has 1 saturated heterocycles. The van der Waals surface area contributed by atoms with Crippen molar-refractivity contribution < 1.29 is 4.39 Å². The van der Waals surface area contributed by atoms with Gasteiger partial charge in [-0.3, -0.25) is 0 Å². The Morgan fingerprint density at radius 1 is 1.38 bits per heavy atom. The Balaban J connectivity index is 1.94. The summed E-state index contributed by atoms with van der Waals surface area (Å²) in [6, 6.07) is 7.62. The molecule has 3 heteroatoms. The first kappa shape index (κ1) is 11.6. The van der Waals surface area contributed by atoms with Crippen LogP contribution in [0.5, 0.6) is 0 Å². The Morgan fingerprint density at radius 2 is 2.12 bits per heavy atom. The predicted octanol–water partition coefficient (Wildman–Crippen LogP) is 2.23. The van der Waals surface area contributed by atoms with Crippen LogP contribution in [0.25, 0.3) is 0 Å². The van der Waals surface area contributed by atoms with E-state index in [0.29, 0.717) is 6.04 Å². The van der Waals surface area contributed by atoms with Crippen molar-refractivity contribution in [2.75, 3.05) is 13.1 Å². The smallest absolute Gasteiger partial charge is 0.123 e. The van der Waals surface area contributed by atoms with Gasteiger partial charge in [-0.15, -0.1) is 0 Å². The van der Waals surface area contributed by atoms with Crippen LogP contribution in [-0.4, -0.2) is 19.1 Å². The monoisotopic (exact) mass is 222 g/mol. The minimum absolute atomic E-state index is 0.156. The number of halogens is 1. The van der Waals surface area contributed by atoms with Gasteiger partial charge in [0.25, 0.3) is 0 Å². The van der Waals surface area contributed by atoms with E-state index < -0.39 is 0 Å². The van der Waals surface area contributed by atoms with Crippen molar-refractivity contribution in [2.24, 2.45) is 0 Å². The summed E-state index contributed by atoms with van der Waals surface area (Å²) in [7, 11) is 0. The van der Waals surface area contributed by atoms with E-state index in [1.165, 1.54) is 6.07 Å². The molecule has 2 N–H and O–H groups in total. The summed E-state index contributed by atoms with van der Waals surface area (Å²) in [5, 5.41) is 6.89. The lowest BCUT2D eigenvalue weighted by Gasteiger charge is -2.27. The molecule has 0 radical (unpaired) electrons. The Morgan fingerprint density at radius 3 is 2.81 bits per heavy atom. The van der Waals surface area contributed by atoms with Crippen LogP contribution in [0.15, 0.2) is 24.3 Å². The van der Waals surface area contributed by atoms with Crippen LogP contribution in [0.1, 0.15) is 31.4 Å². The van der Waals surface area contributed by atoms with E-state index >= 15 is 0 Å². The average Bonchev–Trinajstić information content (AvgIpc) is 2.30. The molecule has 1 fully saturated rings. The summed E-state index contributed by atoms with van der Waals surface area (Å²) in [6.07, 6.45) is 2.30. The zero-order chi connectivity index (χ0) is 11.4. The quantitative estimate of drug-likeness (QED) is 0.819. The third kappa shape index (κ3) is 3.03. The Labute approximate surface area is 96.2 Å².